The normalized spacial score (nSPS) is 14.8. The summed E-state index contributed by atoms with van der Waals surface area (Å²) in [4.78, 5) is 11.7. The molecule has 0 saturated heterocycles. The topological polar surface area (TPSA) is 95.7 Å². The van der Waals surface area contributed by atoms with Crippen molar-refractivity contribution in [3.05, 3.63) is 29.8 Å². The minimum absolute atomic E-state index is 0.0179. The molecule has 1 rings (SSSR count). The summed E-state index contributed by atoms with van der Waals surface area (Å²) in [6.07, 6.45) is -1.35. The molecule has 1 aromatic rings. The highest BCUT2D eigenvalue weighted by Gasteiger charge is 2.29. The Labute approximate surface area is 125 Å². The molecule has 7 heteroatoms. The van der Waals surface area contributed by atoms with Crippen LogP contribution < -0.4 is 5.73 Å². The lowest BCUT2D eigenvalue weighted by Gasteiger charge is -2.20. The number of hydrogen-bond acceptors (Lipinski definition) is 6. The number of nitrogens with two attached hydrogens (primary N) is 1. The van der Waals surface area contributed by atoms with Gasteiger partial charge >= 0.3 is 5.97 Å². The maximum absolute atomic E-state index is 12.1. The highest BCUT2D eigenvalue weighted by molar-refractivity contribution is 7.86. The van der Waals surface area contributed by atoms with Crippen LogP contribution in [-0.4, -0.2) is 32.6 Å². The van der Waals surface area contributed by atoms with E-state index >= 15 is 0 Å². The lowest BCUT2D eigenvalue weighted by Crippen LogP contribution is -2.44. The summed E-state index contributed by atoms with van der Waals surface area (Å²) in [6.45, 7) is 6.62. The molecule has 6 nitrogen and oxygen atoms in total. The van der Waals surface area contributed by atoms with Crippen molar-refractivity contribution in [2.45, 2.75) is 50.8 Å². The average molecular weight is 315 g/mol. The van der Waals surface area contributed by atoms with E-state index in [1.54, 1.807) is 26.0 Å². The Morgan fingerprint density at radius 2 is 1.67 bits per heavy atom. The molecule has 2 atom stereocenters. The lowest BCUT2D eigenvalue weighted by atomic mass is 10.2. The van der Waals surface area contributed by atoms with Gasteiger partial charge in [-0.2, -0.15) is 8.42 Å². The zero-order valence-electron chi connectivity index (χ0n) is 12.6. The van der Waals surface area contributed by atoms with E-state index in [1.165, 1.54) is 19.1 Å². The molecule has 0 fully saturated rings. The average Bonchev–Trinajstić information content (AvgIpc) is 2.36. The second-order valence-corrected chi connectivity index (χ2v) is 6.65. The first-order valence-electron chi connectivity index (χ1n) is 6.59. The second kappa shape index (κ2) is 7.02. The van der Waals surface area contributed by atoms with Crippen LogP contribution in [-0.2, 0) is 23.8 Å². The Bertz CT molecular complexity index is 580. The molecule has 0 aliphatic carbocycles. The van der Waals surface area contributed by atoms with Crippen LogP contribution in [0.1, 0.15) is 26.3 Å². The lowest BCUT2D eigenvalue weighted by molar-refractivity contribution is -0.150. The molecule has 0 amide bonds. The summed E-state index contributed by atoms with van der Waals surface area (Å²) in [6, 6.07) is 5.03. The van der Waals surface area contributed by atoms with Crippen LogP contribution in [0.15, 0.2) is 29.2 Å². The Kier molecular flexibility index (Phi) is 5.88. The molecule has 0 saturated carbocycles. The van der Waals surface area contributed by atoms with Gasteiger partial charge in [0, 0.05) is 0 Å². The van der Waals surface area contributed by atoms with Crippen LogP contribution in [0.3, 0.4) is 0 Å². The monoisotopic (exact) mass is 315 g/mol. The van der Waals surface area contributed by atoms with E-state index in [9.17, 15) is 13.2 Å². The SMILES string of the molecule is Cc1ccc(S(=O)(=O)O[C@H](C)[C@H](N)C(=O)OC(C)C)cc1. The first kappa shape index (κ1) is 17.6. The van der Waals surface area contributed by atoms with Gasteiger partial charge in [0.25, 0.3) is 10.1 Å². The van der Waals surface area contributed by atoms with Crippen molar-refractivity contribution < 1.29 is 22.1 Å². The van der Waals surface area contributed by atoms with Gasteiger partial charge < -0.3 is 10.5 Å². The van der Waals surface area contributed by atoms with Crippen LogP contribution in [0.25, 0.3) is 0 Å². The third-order valence-corrected chi connectivity index (χ3v) is 4.12. The summed E-state index contributed by atoms with van der Waals surface area (Å²) in [7, 11) is -3.97. The number of aryl methyl sites for hydroxylation is 1. The summed E-state index contributed by atoms with van der Waals surface area (Å²) in [5.74, 6) is -0.698. The highest BCUT2D eigenvalue weighted by Crippen LogP contribution is 2.16. The fraction of sp³-hybridized carbons (Fsp3) is 0.500. The van der Waals surface area contributed by atoms with E-state index in [-0.39, 0.29) is 11.0 Å². The molecule has 118 valence electrons. The first-order valence-corrected chi connectivity index (χ1v) is 8.00. The Morgan fingerprint density at radius 3 is 2.14 bits per heavy atom. The van der Waals surface area contributed by atoms with Gasteiger partial charge in [0.2, 0.25) is 0 Å². The van der Waals surface area contributed by atoms with Crippen molar-refractivity contribution in [1.82, 2.24) is 0 Å². The largest absolute Gasteiger partial charge is 0.462 e. The number of rotatable bonds is 6. The van der Waals surface area contributed by atoms with Crippen molar-refractivity contribution in [1.29, 1.82) is 0 Å². The van der Waals surface area contributed by atoms with Gasteiger partial charge in [-0.1, -0.05) is 17.7 Å². The molecule has 2 N–H and O–H groups in total. The highest BCUT2D eigenvalue weighted by atomic mass is 32.2. The van der Waals surface area contributed by atoms with Gasteiger partial charge in [0.1, 0.15) is 12.1 Å². The van der Waals surface area contributed by atoms with Crippen LogP contribution in [0.5, 0.6) is 0 Å². The molecule has 0 aliphatic rings. The first-order chi connectivity index (χ1) is 9.63. The maximum atomic E-state index is 12.1. The van der Waals surface area contributed by atoms with Gasteiger partial charge in [-0.3, -0.25) is 8.98 Å². The van der Waals surface area contributed by atoms with E-state index in [0.29, 0.717) is 0 Å². The minimum atomic E-state index is -3.97. The fourth-order valence-electron chi connectivity index (χ4n) is 1.52. The molecule has 1 aromatic carbocycles. The van der Waals surface area contributed by atoms with Crippen molar-refractivity contribution in [3.8, 4) is 0 Å². The van der Waals surface area contributed by atoms with Crippen molar-refractivity contribution in [2.24, 2.45) is 5.73 Å². The summed E-state index contributed by atoms with van der Waals surface area (Å²) in [5.41, 5.74) is 6.58. The standard InChI is InChI=1S/C14H21NO5S/c1-9(2)19-14(16)13(15)11(4)20-21(17,18)12-7-5-10(3)6-8-12/h5-9,11,13H,15H2,1-4H3/t11-,13+/m1/s1. The number of hydrogen-bond donors (Lipinski definition) is 1. The third kappa shape index (κ3) is 5.11. The van der Waals surface area contributed by atoms with E-state index in [0.717, 1.165) is 5.56 Å². The molecule has 0 heterocycles. The smallest absolute Gasteiger partial charge is 0.325 e. The van der Waals surface area contributed by atoms with Crippen LogP contribution in [0.4, 0.5) is 0 Å². The second-order valence-electron chi connectivity index (χ2n) is 5.08. The van der Waals surface area contributed by atoms with Gasteiger partial charge in [-0.15, -0.1) is 0 Å². The fourth-order valence-corrected chi connectivity index (χ4v) is 2.62. The van der Waals surface area contributed by atoms with E-state index in [2.05, 4.69) is 0 Å². The number of esters is 1. The van der Waals surface area contributed by atoms with E-state index in [1.807, 2.05) is 6.92 Å². The van der Waals surface area contributed by atoms with Crippen molar-refractivity contribution in [2.75, 3.05) is 0 Å². The molecule has 21 heavy (non-hydrogen) atoms. The number of benzene rings is 1. The van der Waals surface area contributed by atoms with Crippen LogP contribution in [0.2, 0.25) is 0 Å². The number of carbonyl (C=O) groups excluding carboxylic acids is 1. The zero-order valence-corrected chi connectivity index (χ0v) is 13.4. The van der Waals surface area contributed by atoms with Crippen molar-refractivity contribution in [3.63, 3.8) is 0 Å². The van der Waals surface area contributed by atoms with Gasteiger partial charge in [-0.25, -0.2) is 0 Å². The predicted octanol–water partition coefficient (Wildman–Crippen LogP) is 1.37. The quantitative estimate of drug-likeness (QED) is 0.629. The van der Waals surface area contributed by atoms with Crippen LogP contribution >= 0.6 is 0 Å². The molecule has 0 unspecified atom stereocenters. The van der Waals surface area contributed by atoms with E-state index in [4.69, 9.17) is 14.7 Å². The third-order valence-electron chi connectivity index (χ3n) is 2.72. The molecule has 0 radical (unpaired) electrons. The molecular weight excluding hydrogens is 294 g/mol. The van der Waals surface area contributed by atoms with Gasteiger partial charge in [-0.05, 0) is 39.8 Å². The molecular formula is C14H21NO5S. The molecule has 0 bridgehead atoms. The summed E-state index contributed by atoms with van der Waals surface area (Å²) >= 11 is 0. The summed E-state index contributed by atoms with van der Waals surface area (Å²) in [5, 5.41) is 0. The van der Waals surface area contributed by atoms with Crippen molar-refractivity contribution >= 4 is 16.1 Å². The van der Waals surface area contributed by atoms with E-state index < -0.39 is 28.2 Å². The number of carbonyl (C=O) groups is 1. The zero-order chi connectivity index (χ0) is 16.2. The predicted molar refractivity (Wildman–Crippen MR) is 78.1 cm³/mol. The number of ether oxygens (including phenoxy) is 1. The summed E-state index contributed by atoms with van der Waals surface area (Å²) < 4.78 is 34.1. The molecule has 0 spiro atoms. The maximum Gasteiger partial charge on any atom is 0.325 e. The Hall–Kier alpha value is -1.44. The van der Waals surface area contributed by atoms with Gasteiger partial charge in [0.05, 0.1) is 11.0 Å². The minimum Gasteiger partial charge on any atom is -0.462 e. The van der Waals surface area contributed by atoms with Crippen LogP contribution in [0, 0.1) is 6.92 Å². The Balaban J connectivity index is 2.79. The molecule has 0 aromatic heterocycles. The van der Waals surface area contributed by atoms with Gasteiger partial charge in [0.15, 0.2) is 0 Å². The molecule has 0 aliphatic heterocycles. The Morgan fingerprint density at radius 1 is 1.14 bits per heavy atom.